The lowest BCUT2D eigenvalue weighted by molar-refractivity contribution is -0.137. The molecule has 0 radical (unpaired) electrons. The van der Waals surface area contributed by atoms with Crippen LogP contribution in [0.1, 0.15) is 42.9 Å². The number of fused-ring (bicyclic) bond motifs is 2. The lowest BCUT2D eigenvalue weighted by atomic mass is 9.78. The van der Waals surface area contributed by atoms with E-state index in [1.165, 1.54) is 12.1 Å². The second-order valence-corrected chi connectivity index (χ2v) is 7.70. The van der Waals surface area contributed by atoms with Gasteiger partial charge < -0.3 is 0 Å². The van der Waals surface area contributed by atoms with Gasteiger partial charge in [-0.15, -0.1) is 0 Å². The van der Waals surface area contributed by atoms with E-state index < -0.39 is 11.7 Å². The van der Waals surface area contributed by atoms with Crippen LogP contribution < -0.4 is 0 Å². The van der Waals surface area contributed by atoms with Gasteiger partial charge >= 0.3 is 6.18 Å². The summed E-state index contributed by atoms with van der Waals surface area (Å²) in [4.78, 5) is 13.0. The smallest absolute Gasteiger partial charge is 0.294 e. The number of carbonyl (C=O) groups excluding carboxylic acids is 1. The molecule has 4 rings (SSSR count). The summed E-state index contributed by atoms with van der Waals surface area (Å²) in [6.07, 6.45) is -1.55. The molecule has 4 heteroatoms. The number of halogens is 3. The number of alkyl halides is 3. The summed E-state index contributed by atoms with van der Waals surface area (Å²) in [6, 6.07) is 10.9. The molecule has 1 saturated carbocycles. The Balaban J connectivity index is 1.88. The molecule has 2 atom stereocenters. The first kappa shape index (κ1) is 18.0. The van der Waals surface area contributed by atoms with Gasteiger partial charge in [0.25, 0.3) is 0 Å². The maximum absolute atomic E-state index is 13.4. The molecule has 0 amide bonds. The Morgan fingerprint density at radius 2 is 1.63 bits per heavy atom. The van der Waals surface area contributed by atoms with Crippen molar-refractivity contribution in [3.8, 4) is 11.1 Å². The Hall–Kier alpha value is -2.36. The zero-order chi connectivity index (χ0) is 19.3. The third kappa shape index (κ3) is 3.01. The molecule has 0 aliphatic heterocycles. The molecule has 140 valence electrons. The summed E-state index contributed by atoms with van der Waals surface area (Å²) in [6.45, 7) is 3.92. The minimum absolute atomic E-state index is 0.0687. The number of rotatable bonds is 2. The highest BCUT2D eigenvalue weighted by Crippen LogP contribution is 2.47. The van der Waals surface area contributed by atoms with Crippen LogP contribution in [0.15, 0.2) is 48.0 Å². The minimum atomic E-state index is -4.42. The second-order valence-electron chi connectivity index (χ2n) is 7.70. The van der Waals surface area contributed by atoms with E-state index in [9.17, 15) is 18.0 Å². The quantitative estimate of drug-likeness (QED) is 0.593. The van der Waals surface area contributed by atoms with Crippen LogP contribution >= 0.6 is 0 Å². The van der Waals surface area contributed by atoms with Crippen LogP contribution in [0, 0.1) is 18.8 Å². The van der Waals surface area contributed by atoms with Crippen molar-refractivity contribution < 1.29 is 18.0 Å². The van der Waals surface area contributed by atoms with Crippen LogP contribution in [-0.4, -0.2) is 5.78 Å². The maximum Gasteiger partial charge on any atom is 0.417 e. The van der Waals surface area contributed by atoms with E-state index in [1.54, 1.807) is 18.2 Å². The van der Waals surface area contributed by atoms with E-state index in [2.05, 4.69) is 0 Å². The van der Waals surface area contributed by atoms with E-state index in [4.69, 9.17) is 0 Å². The molecule has 1 nitrogen and oxygen atoms in total. The van der Waals surface area contributed by atoms with Gasteiger partial charge in [0.1, 0.15) is 0 Å². The lowest BCUT2D eigenvalue weighted by Gasteiger charge is -2.25. The average Bonchev–Trinajstić information content (AvgIpc) is 3.08. The van der Waals surface area contributed by atoms with Gasteiger partial charge in [0.05, 0.1) is 5.56 Å². The van der Waals surface area contributed by atoms with Crippen molar-refractivity contribution in [2.75, 3.05) is 0 Å². The van der Waals surface area contributed by atoms with Crippen molar-refractivity contribution in [2.24, 2.45) is 11.8 Å². The molecule has 0 N–H and O–H groups in total. The van der Waals surface area contributed by atoms with Crippen LogP contribution in [0.5, 0.6) is 0 Å². The van der Waals surface area contributed by atoms with Crippen LogP contribution in [0.4, 0.5) is 13.2 Å². The van der Waals surface area contributed by atoms with Crippen LogP contribution in [0.3, 0.4) is 0 Å². The van der Waals surface area contributed by atoms with Crippen LogP contribution in [-0.2, 0) is 11.0 Å². The molecule has 1 fully saturated rings. The number of ketones is 1. The highest BCUT2D eigenvalue weighted by Gasteiger charge is 2.39. The van der Waals surface area contributed by atoms with Gasteiger partial charge in [-0.05, 0) is 73.4 Å². The number of hydrogen-bond donors (Lipinski definition) is 0. The molecular weight excluding hydrogens is 349 g/mol. The fourth-order valence-electron chi connectivity index (χ4n) is 4.60. The average molecular weight is 370 g/mol. The first-order valence-corrected chi connectivity index (χ1v) is 9.30. The topological polar surface area (TPSA) is 17.1 Å². The Morgan fingerprint density at radius 1 is 0.926 bits per heavy atom. The molecule has 0 saturated heterocycles. The summed E-state index contributed by atoms with van der Waals surface area (Å²) < 4.78 is 40.3. The second kappa shape index (κ2) is 6.36. The first-order valence-electron chi connectivity index (χ1n) is 9.30. The summed E-state index contributed by atoms with van der Waals surface area (Å²) >= 11 is 0. The van der Waals surface area contributed by atoms with Crippen molar-refractivity contribution in [3.63, 3.8) is 0 Å². The van der Waals surface area contributed by atoms with Crippen molar-refractivity contribution >= 4 is 11.4 Å². The van der Waals surface area contributed by atoms with E-state index in [1.807, 2.05) is 19.9 Å². The SMILES string of the molecule is CC1=C(c2cc(-c3ccccc3C(F)(F)F)ccc2C)C(=O)[C@@H]2CC[C@H]1C2. The predicted molar refractivity (Wildman–Crippen MR) is 100 cm³/mol. The van der Waals surface area contributed by atoms with Crippen LogP contribution in [0.25, 0.3) is 16.7 Å². The predicted octanol–water partition coefficient (Wildman–Crippen LogP) is 6.45. The number of benzene rings is 2. The molecule has 2 aromatic rings. The number of carbonyl (C=O) groups is 1. The molecule has 0 unspecified atom stereocenters. The molecule has 2 aliphatic carbocycles. The Kier molecular flexibility index (Phi) is 4.25. The minimum Gasteiger partial charge on any atom is -0.294 e. The molecule has 0 spiro atoms. The maximum atomic E-state index is 13.4. The molecule has 2 aliphatic rings. The van der Waals surface area contributed by atoms with Gasteiger partial charge in [-0.2, -0.15) is 13.2 Å². The van der Waals surface area contributed by atoms with Crippen LogP contribution in [0.2, 0.25) is 0 Å². The Morgan fingerprint density at radius 3 is 2.37 bits per heavy atom. The molecule has 0 aromatic heterocycles. The summed E-state index contributed by atoms with van der Waals surface area (Å²) in [7, 11) is 0. The first-order chi connectivity index (χ1) is 12.8. The zero-order valence-electron chi connectivity index (χ0n) is 15.4. The zero-order valence-corrected chi connectivity index (χ0v) is 15.4. The Bertz CT molecular complexity index is 952. The van der Waals surface area contributed by atoms with Crippen molar-refractivity contribution in [1.82, 2.24) is 0 Å². The number of allylic oxidation sites excluding steroid dienone is 2. The van der Waals surface area contributed by atoms with Gasteiger partial charge in [0.15, 0.2) is 5.78 Å². The Labute approximate surface area is 156 Å². The van der Waals surface area contributed by atoms with Gasteiger partial charge in [-0.25, -0.2) is 0 Å². The number of hydrogen-bond acceptors (Lipinski definition) is 1. The van der Waals surface area contributed by atoms with Gasteiger partial charge in [0.2, 0.25) is 0 Å². The fraction of sp³-hybridized carbons (Fsp3) is 0.348. The van der Waals surface area contributed by atoms with Gasteiger partial charge in [-0.1, -0.05) is 35.9 Å². The van der Waals surface area contributed by atoms with Gasteiger partial charge in [0, 0.05) is 11.5 Å². The van der Waals surface area contributed by atoms with Gasteiger partial charge in [-0.3, -0.25) is 4.79 Å². The fourth-order valence-corrected chi connectivity index (χ4v) is 4.60. The van der Waals surface area contributed by atoms with Crippen molar-refractivity contribution in [2.45, 2.75) is 39.3 Å². The third-order valence-corrected chi connectivity index (χ3v) is 6.11. The summed E-state index contributed by atoms with van der Waals surface area (Å²) in [5.74, 6) is 0.651. The molecule has 2 bridgehead atoms. The third-order valence-electron chi connectivity index (χ3n) is 6.11. The van der Waals surface area contributed by atoms with Crippen molar-refractivity contribution in [3.05, 3.63) is 64.7 Å². The van der Waals surface area contributed by atoms with E-state index in [0.717, 1.165) is 47.6 Å². The summed E-state index contributed by atoms with van der Waals surface area (Å²) in [5.41, 5.74) is 3.53. The van der Waals surface area contributed by atoms with E-state index in [0.29, 0.717) is 11.5 Å². The largest absolute Gasteiger partial charge is 0.417 e. The lowest BCUT2D eigenvalue weighted by Crippen LogP contribution is -2.20. The normalized spacial score (nSPS) is 22.5. The molecule has 27 heavy (non-hydrogen) atoms. The molecule has 2 aromatic carbocycles. The molecule has 0 heterocycles. The van der Waals surface area contributed by atoms with E-state index in [-0.39, 0.29) is 17.3 Å². The van der Waals surface area contributed by atoms with E-state index >= 15 is 0 Å². The molecular formula is C23H21F3O. The standard InChI is InChI=1S/C23H21F3O/c1-13-7-8-16(18-5-3-4-6-20(18)23(24,25)26)12-19(13)21-14(2)15-9-10-17(11-15)22(21)27/h3-8,12,15,17H,9-11H2,1-2H3/t15-,17+/m0/s1. The number of Topliss-reactive ketones (excluding diaryl/α,β-unsaturated/α-hetero) is 1. The highest BCUT2D eigenvalue weighted by molar-refractivity contribution is 6.24. The highest BCUT2D eigenvalue weighted by atomic mass is 19.4. The van der Waals surface area contributed by atoms with Crippen molar-refractivity contribution in [1.29, 1.82) is 0 Å². The number of aryl methyl sites for hydroxylation is 1. The monoisotopic (exact) mass is 370 g/mol. The summed E-state index contributed by atoms with van der Waals surface area (Å²) in [5, 5.41) is 0.